The van der Waals surface area contributed by atoms with E-state index in [1.807, 2.05) is 0 Å². The van der Waals surface area contributed by atoms with Gasteiger partial charge in [-0.1, -0.05) is 13.8 Å². The molecule has 33 heavy (non-hydrogen) atoms. The van der Waals surface area contributed by atoms with E-state index in [0.717, 1.165) is 19.5 Å². The second-order valence-electron chi connectivity index (χ2n) is 8.64. The number of amides is 2. The Labute approximate surface area is 193 Å². The smallest absolute Gasteiger partial charge is 0.397 e. The van der Waals surface area contributed by atoms with E-state index in [4.69, 9.17) is 9.47 Å². The van der Waals surface area contributed by atoms with E-state index in [1.54, 1.807) is 14.2 Å². The second kappa shape index (κ2) is 11.7. The van der Waals surface area contributed by atoms with E-state index in [-0.39, 0.29) is 35.2 Å². The minimum atomic E-state index is -4.62. The van der Waals surface area contributed by atoms with Crippen molar-refractivity contribution in [3.8, 4) is 5.75 Å². The molecule has 0 unspecified atom stereocenters. The van der Waals surface area contributed by atoms with E-state index in [2.05, 4.69) is 31.0 Å². The zero-order chi connectivity index (χ0) is 24.8. The van der Waals surface area contributed by atoms with Crippen molar-refractivity contribution in [3.63, 3.8) is 0 Å². The van der Waals surface area contributed by atoms with Crippen LogP contribution in [0.4, 0.5) is 18.9 Å². The van der Waals surface area contributed by atoms with Crippen LogP contribution in [-0.4, -0.2) is 80.3 Å². The van der Waals surface area contributed by atoms with Crippen LogP contribution in [0.25, 0.3) is 0 Å². The quantitative estimate of drug-likeness (QED) is 0.705. The zero-order valence-electron chi connectivity index (χ0n) is 19.9. The molecular weight excluding hydrogens is 439 g/mol. The summed E-state index contributed by atoms with van der Waals surface area (Å²) in [5, 5.41) is 2.21. The first-order valence-corrected chi connectivity index (χ1v) is 11.1. The predicted octanol–water partition coefficient (Wildman–Crippen LogP) is 3.79. The molecule has 186 valence electrons. The standard InChI is InChI=1S/C23H34F3N3O4/c1-6-9-29-12-15(2)20(32-5)13-28(4)22(31)18-10-17(27-21(30)11-23(24,25)26)7-8-19(18)33-14-16(29)3/h7-8,10,15-16,20H,6,9,11-14H2,1-5H3,(H,27,30)/t15-,16-,20-/m0/s1. The normalized spacial score (nSPS) is 23.2. The molecule has 7 nitrogen and oxygen atoms in total. The first kappa shape index (κ1) is 26.9. The van der Waals surface area contributed by atoms with Gasteiger partial charge in [-0.25, -0.2) is 0 Å². The fourth-order valence-corrected chi connectivity index (χ4v) is 3.92. The number of carbonyl (C=O) groups is 2. The van der Waals surface area contributed by atoms with Crippen LogP contribution in [0.15, 0.2) is 18.2 Å². The van der Waals surface area contributed by atoms with Crippen LogP contribution in [0.3, 0.4) is 0 Å². The summed E-state index contributed by atoms with van der Waals surface area (Å²) in [6, 6.07) is 4.36. The Bertz CT molecular complexity index is 819. The molecule has 2 amide bonds. The van der Waals surface area contributed by atoms with E-state index in [9.17, 15) is 22.8 Å². The van der Waals surface area contributed by atoms with Crippen LogP contribution >= 0.6 is 0 Å². The summed E-state index contributed by atoms with van der Waals surface area (Å²) in [7, 11) is 3.25. The lowest BCUT2D eigenvalue weighted by atomic mass is 10.0. The number of anilines is 1. The molecule has 1 N–H and O–H groups in total. The summed E-state index contributed by atoms with van der Waals surface area (Å²) >= 11 is 0. The van der Waals surface area contributed by atoms with Gasteiger partial charge in [-0.15, -0.1) is 0 Å². The van der Waals surface area contributed by atoms with Gasteiger partial charge in [0.15, 0.2) is 0 Å². The minimum absolute atomic E-state index is 0.0659. The SMILES string of the molecule is CCCN1C[C@H](C)[C@@H](OC)CN(C)C(=O)c2cc(NC(=O)CC(F)(F)F)ccc2OC[C@@H]1C. The summed E-state index contributed by atoms with van der Waals surface area (Å²) in [6.07, 6.45) is -5.45. The molecule has 1 heterocycles. The van der Waals surface area contributed by atoms with Gasteiger partial charge in [0.05, 0.1) is 11.7 Å². The topological polar surface area (TPSA) is 71.1 Å². The highest BCUT2D eigenvalue weighted by atomic mass is 19.4. The van der Waals surface area contributed by atoms with Crippen LogP contribution in [-0.2, 0) is 9.53 Å². The maximum Gasteiger partial charge on any atom is 0.397 e. The number of rotatable bonds is 5. The number of nitrogens with one attached hydrogen (secondary N) is 1. The molecule has 1 aliphatic heterocycles. The third-order valence-electron chi connectivity index (χ3n) is 5.73. The van der Waals surface area contributed by atoms with Crippen molar-refractivity contribution in [1.29, 1.82) is 0 Å². The van der Waals surface area contributed by atoms with Gasteiger partial charge in [0.25, 0.3) is 5.91 Å². The van der Waals surface area contributed by atoms with Gasteiger partial charge in [0.1, 0.15) is 18.8 Å². The predicted molar refractivity (Wildman–Crippen MR) is 119 cm³/mol. The Morgan fingerprint density at radius 3 is 2.58 bits per heavy atom. The van der Waals surface area contributed by atoms with Crippen LogP contribution in [0.1, 0.15) is 44.0 Å². The van der Waals surface area contributed by atoms with Gasteiger partial charge in [0, 0.05) is 39.0 Å². The lowest BCUT2D eigenvalue weighted by molar-refractivity contribution is -0.150. The lowest BCUT2D eigenvalue weighted by Crippen LogP contribution is -2.46. The van der Waals surface area contributed by atoms with Gasteiger partial charge < -0.3 is 19.7 Å². The van der Waals surface area contributed by atoms with Crippen LogP contribution in [0, 0.1) is 5.92 Å². The van der Waals surface area contributed by atoms with Gasteiger partial charge in [0.2, 0.25) is 5.91 Å². The molecule has 3 atom stereocenters. The number of hydrogen-bond donors (Lipinski definition) is 1. The Morgan fingerprint density at radius 1 is 1.27 bits per heavy atom. The molecule has 0 saturated heterocycles. The van der Waals surface area contributed by atoms with Crippen LogP contribution in [0.2, 0.25) is 0 Å². The molecule has 0 spiro atoms. The number of ether oxygens (including phenoxy) is 2. The van der Waals surface area contributed by atoms with Crippen molar-refractivity contribution < 1.29 is 32.2 Å². The van der Waals surface area contributed by atoms with Gasteiger partial charge in [-0.3, -0.25) is 14.5 Å². The number of carbonyl (C=O) groups excluding carboxylic acids is 2. The summed E-state index contributed by atoms with van der Waals surface area (Å²) in [5.41, 5.74) is 0.261. The maximum atomic E-state index is 13.2. The van der Waals surface area contributed by atoms with Gasteiger partial charge in [-0.2, -0.15) is 13.2 Å². The average molecular weight is 474 g/mol. The Morgan fingerprint density at radius 2 is 1.97 bits per heavy atom. The van der Waals surface area contributed by atoms with Crippen LogP contribution < -0.4 is 10.1 Å². The van der Waals surface area contributed by atoms with Crippen molar-refractivity contribution in [3.05, 3.63) is 23.8 Å². The number of benzene rings is 1. The summed E-state index contributed by atoms with van der Waals surface area (Å²) in [6.45, 7) is 8.57. The average Bonchev–Trinajstić information content (AvgIpc) is 2.73. The number of halogens is 3. The van der Waals surface area contributed by atoms with Gasteiger partial charge in [-0.05, 0) is 44.0 Å². The fourth-order valence-electron chi connectivity index (χ4n) is 3.92. The monoisotopic (exact) mass is 473 g/mol. The number of alkyl halides is 3. The largest absolute Gasteiger partial charge is 0.491 e. The lowest BCUT2D eigenvalue weighted by Gasteiger charge is -2.35. The van der Waals surface area contributed by atoms with Crippen molar-refractivity contribution in [1.82, 2.24) is 9.80 Å². The van der Waals surface area contributed by atoms with Crippen molar-refractivity contribution in [2.45, 2.75) is 51.9 Å². The Hall–Kier alpha value is -2.33. The molecule has 1 aromatic carbocycles. The molecule has 0 aliphatic carbocycles. The molecule has 0 fully saturated rings. The summed E-state index contributed by atoms with van der Waals surface area (Å²) < 4.78 is 49.2. The highest BCUT2D eigenvalue weighted by molar-refractivity contribution is 5.99. The number of likely N-dealkylation sites (N-methyl/N-ethyl adjacent to an activating group) is 1. The van der Waals surface area contributed by atoms with Crippen LogP contribution in [0.5, 0.6) is 5.75 Å². The second-order valence-corrected chi connectivity index (χ2v) is 8.64. The highest BCUT2D eigenvalue weighted by Crippen LogP contribution is 2.27. The number of fused-ring (bicyclic) bond motifs is 1. The highest BCUT2D eigenvalue weighted by Gasteiger charge is 2.32. The van der Waals surface area contributed by atoms with Crippen molar-refractivity contribution in [2.24, 2.45) is 5.92 Å². The van der Waals surface area contributed by atoms with Crippen molar-refractivity contribution in [2.75, 3.05) is 45.7 Å². The summed E-state index contributed by atoms with van der Waals surface area (Å²) in [5.74, 6) is -1.11. The maximum absolute atomic E-state index is 13.2. The van der Waals surface area contributed by atoms with Crippen molar-refractivity contribution >= 4 is 17.5 Å². The molecule has 1 aliphatic rings. The molecular formula is C23H34F3N3O4. The third kappa shape index (κ3) is 7.89. The summed E-state index contributed by atoms with van der Waals surface area (Å²) in [4.78, 5) is 28.8. The molecule has 1 aromatic rings. The first-order valence-electron chi connectivity index (χ1n) is 11.1. The first-order chi connectivity index (χ1) is 15.4. The molecule has 0 saturated carbocycles. The molecule has 0 radical (unpaired) electrons. The Kier molecular flexibility index (Phi) is 9.54. The van der Waals surface area contributed by atoms with Gasteiger partial charge >= 0.3 is 6.18 Å². The number of hydrogen-bond acceptors (Lipinski definition) is 5. The zero-order valence-corrected chi connectivity index (χ0v) is 19.9. The molecule has 0 aromatic heterocycles. The van der Waals surface area contributed by atoms with E-state index in [1.165, 1.54) is 23.1 Å². The molecule has 10 heteroatoms. The number of methoxy groups -OCH3 is 1. The van der Waals surface area contributed by atoms with E-state index in [0.29, 0.717) is 18.9 Å². The molecule has 0 bridgehead atoms. The third-order valence-corrected chi connectivity index (χ3v) is 5.73. The fraction of sp³-hybridized carbons (Fsp3) is 0.652. The Balaban J connectivity index is 2.37. The minimum Gasteiger partial charge on any atom is -0.491 e. The molecule has 2 rings (SSSR count). The van der Waals surface area contributed by atoms with E-state index < -0.39 is 18.5 Å². The van der Waals surface area contributed by atoms with E-state index >= 15 is 0 Å². The number of nitrogens with zero attached hydrogens (tertiary/aromatic N) is 2.